The highest BCUT2D eigenvalue weighted by molar-refractivity contribution is 7.99. The standard InChI is InChI=1S/C13H16N2S2/c1-10(17-2)9-15-12(8-14-13(15)16)11-6-4-3-5-7-11/h3-8,10H,9H2,1-2H3,(H,14,16). The van der Waals surface area contributed by atoms with E-state index in [2.05, 4.69) is 34.9 Å². The lowest BCUT2D eigenvalue weighted by molar-refractivity contribution is 0.689. The molecule has 1 aromatic carbocycles. The van der Waals surface area contributed by atoms with E-state index in [1.807, 2.05) is 36.2 Å². The van der Waals surface area contributed by atoms with Crippen LogP contribution in [0.3, 0.4) is 0 Å². The monoisotopic (exact) mass is 264 g/mol. The molecule has 17 heavy (non-hydrogen) atoms. The fourth-order valence-corrected chi connectivity index (χ4v) is 2.29. The van der Waals surface area contributed by atoms with Gasteiger partial charge in [-0.2, -0.15) is 11.8 Å². The van der Waals surface area contributed by atoms with Crippen molar-refractivity contribution in [1.29, 1.82) is 0 Å². The zero-order chi connectivity index (χ0) is 12.3. The molecule has 1 aromatic heterocycles. The molecule has 0 saturated heterocycles. The molecule has 0 radical (unpaired) electrons. The maximum absolute atomic E-state index is 5.34. The minimum absolute atomic E-state index is 0.556. The van der Waals surface area contributed by atoms with E-state index in [1.54, 1.807) is 0 Å². The summed E-state index contributed by atoms with van der Waals surface area (Å²) in [4.78, 5) is 3.13. The molecule has 1 heterocycles. The van der Waals surface area contributed by atoms with Crippen LogP contribution >= 0.6 is 24.0 Å². The first-order valence-corrected chi connectivity index (χ1v) is 7.28. The number of aromatic amines is 1. The van der Waals surface area contributed by atoms with Gasteiger partial charge in [0.25, 0.3) is 0 Å². The van der Waals surface area contributed by atoms with Gasteiger partial charge in [-0.25, -0.2) is 0 Å². The number of aromatic nitrogens is 2. The Morgan fingerprint density at radius 1 is 1.35 bits per heavy atom. The SMILES string of the molecule is CSC(C)Cn1c(-c2ccccc2)c[nH]c1=S. The summed E-state index contributed by atoms with van der Waals surface area (Å²) in [5, 5.41) is 0.556. The largest absolute Gasteiger partial charge is 0.337 e. The zero-order valence-corrected chi connectivity index (χ0v) is 11.6. The van der Waals surface area contributed by atoms with Crippen molar-refractivity contribution in [3.63, 3.8) is 0 Å². The van der Waals surface area contributed by atoms with Crippen LogP contribution in [0.4, 0.5) is 0 Å². The normalized spacial score (nSPS) is 12.6. The highest BCUT2D eigenvalue weighted by atomic mass is 32.2. The summed E-state index contributed by atoms with van der Waals surface area (Å²) in [6, 6.07) is 10.3. The molecule has 1 unspecified atom stereocenters. The van der Waals surface area contributed by atoms with Crippen molar-refractivity contribution < 1.29 is 0 Å². The van der Waals surface area contributed by atoms with Gasteiger partial charge < -0.3 is 9.55 Å². The summed E-state index contributed by atoms with van der Waals surface area (Å²) >= 11 is 7.19. The van der Waals surface area contributed by atoms with Crippen molar-refractivity contribution in [2.45, 2.75) is 18.7 Å². The number of benzene rings is 1. The highest BCUT2D eigenvalue weighted by Crippen LogP contribution is 2.21. The summed E-state index contributed by atoms with van der Waals surface area (Å²) in [6.45, 7) is 3.15. The molecule has 0 spiro atoms. The number of rotatable bonds is 4. The Hall–Kier alpha value is -1.00. The summed E-state index contributed by atoms with van der Waals surface area (Å²) in [5.41, 5.74) is 2.37. The van der Waals surface area contributed by atoms with Crippen molar-refractivity contribution in [1.82, 2.24) is 9.55 Å². The molecule has 0 aliphatic heterocycles. The summed E-state index contributed by atoms with van der Waals surface area (Å²) in [5.74, 6) is 0. The lowest BCUT2D eigenvalue weighted by Gasteiger charge is -2.12. The Balaban J connectivity index is 2.39. The molecular weight excluding hydrogens is 248 g/mol. The first-order chi connectivity index (χ1) is 8.22. The van der Waals surface area contributed by atoms with Gasteiger partial charge in [0.15, 0.2) is 4.77 Å². The molecule has 2 aromatic rings. The van der Waals surface area contributed by atoms with E-state index in [0.717, 1.165) is 17.0 Å². The van der Waals surface area contributed by atoms with Gasteiger partial charge >= 0.3 is 0 Å². The van der Waals surface area contributed by atoms with E-state index in [-0.39, 0.29) is 0 Å². The Bertz CT molecular complexity index is 528. The minimum Gasteiger partial charge on any atom is -0.337 e. The van der Waals surface area contributed by atoms with E-state index in [9.17, 15) is 0 Å². The third-order valence-electron chi connectivity index (χ3n) is 2.78. The van der Waals surface area contributed by atoms with Crippen LogP contribution in [0.2, 0.25) is 0 Å². The molecule has 2 nitrogen and oxygen atoms in total. The molecule has 1 N–H and O–H groups in total. The Kier molecular flexibility index (Phi) is 4.07. The van der Waals surface area contributed by atoms with Crippen molar-refractivity contribution >= 4 is 24.0 Å². The van der Waals surface area contributed by atoms with Crippen LogP contribution < -0.4 is 0 Å². The van der Waals surface area contributed by atoms with Crippen LogP contribution in [0.15, 0.2) is 36.5 Å². The third-order valence-corrected chi connectivity index (χ3v) is 4.07. The predicted octanol–water partition coefficient (Wildman–Crippen LogP) is 3.96. The maximum Gasteiger partial charge on any atom is 0.177 e. The minimum atomic E-state index is 0.556. The van der Waals surface area contributed by atoms with Gasteiger partial charge in [-0.15, -0.1) is 0 Å². The molecule has 0 aliphatic rings. The van der Waals surface area contributed by atoms with Crippen LogP contribution in [0.25, 0.3) is 11.3 Å². The maximum atomic E-state index is 5.34. The van der Waals surface area contributed by atoms with Crippen LogP contribution in [-0.2, 0) is 6.54 Å². The van der Waals surface area contributed by atoms with Crippen LogP contribution in [0.1, 0.15) is 6.92 Å². The van der Waals surface area contributed by atoms with Crippen LogP contribution in [0.5, 0.6) is 0 Å². The number of hydrogen-bond donors (Lipinski definition) is 1. The molecule has 0 aliphatic carbocycles. The first kappa shape index (κ1) is 12.5. The van der Waals surface area contributed by atoms with Crippen LogP contribution in [-0.4, -0.2) is 21.1 Å². The molecular formula is C13H16N2S2. The molecule has 2 rings (SSSR count). The fraction of sp³-hybridized carbons (Fsp3) is 0.308. The van der Waals surface area contributed by atoms with Crippen molar-refractivity contribution in [3.8, 4) is 11.3 Å². The second-order valence-corrected chi connectivity index (χ2v) is 5.66. The van der Waals surface area contributed by atoms with E-state index < -0.39 is 0 Å². The van der Waals surface area contributed by atoms with Gasteiger partial charge in [0.2, 0.25) is 0 Å². The molecule has 4 heteroatoms. The van der Waals surface area contributed by atoms with Gasteiger partial charge in [0.05, 0.1) is 5.69 Å². The molecule has 1 atom stereocenters. The fourth-order valence-electron chi connectivity index (χ4n) is 1.76. The summed E-state index contributed by atoms with van der Waals surface area (Å²) < 4.78 is 2.97. The van der Waals surface area contributed by atoms with E-state index in [0.29, 0.717) is 5.25 Å². The van der Waals surface area contributed by atoms with E-state index >= 15 is 0 Å². The quantitative estimate of drug-likeness (QED) is 0.844. The van der Waals surface area contributed by atoms with Gasteiger partial charge in [-0.05, 0) is 24.0 Å². The second-order valence-electron chi connectivity index (χ2n) is 4.00. The lowest BCUT2D eigenvalue weighted by Crippen LogP contribution is -2.10. The number of imidazole rings is 1. The zero-order valence-electron chi connectivity index (χ0n) is 10.0. The van der Waals surface area contributed by atoms with Crippen molar-refractivity contribution in [2.75, 3.05) is 6.26 Å². The van der Waals surface area contributed by atoms with Crippen molar-refractivity contribution in [3.05, 3.63) is 41.3 Å². The Labute approximate surface area is 111 Å². The van der Waals surface area contributed by atoms with Gasteiger partial charge in [-0.3, -0.25) is 0 Å². The number of nitrogens with zero attached hydrogens (tertiary/aromatic N) is 1. The van der Waals surface area contributed by atoms with Gasteiger partial charge in [0, 0.05) is 18.0 Å². The van der Waals surface area contributed by atoms with E-state index in [4.69, 9.17) is 12.2 Å². The first-order valence-electron chi connectivity index (χ1n) is 5.59. The number of H-pyrrole nitrogens is 1. The number of thioether (sulfide) groups is 1. The predicted molar refractivity (Wildman–Crippen MR) is 78.0 cm³/mol. The van der Waals surface area contributed by atoms with Crippen molar-refractivity contribution in [2.24, 2.45) is 0 Å². The molecule has 90 valence electrons. The molecule has 0 bridgehead atoms. The van der Waals surface area contributed by atoms with Gasteiger partial charge in [0.1, 0.15) is 0 Å². The summed E-state index contributed by atoms with van der Waals surface area (Å²) in [6.07, 6.45) is 4.12. The second kappa shape index (κ2) is 5.56. The molecule has 0 fully saturated rings. The van der Waals surface area contributed by atoms with E-state index in [1.165, 1.54) is 5.56 Å². The smallest absolute Gasteiger partial charge is 0.177 e. The lowest BCUT2D eigenvalue weighted by atomic mass is 10.2. The molecule has 0 amide bonds. The topological polar surface area (TPSA) is 20.7 Å². The summed E-state index contributed by atoms with van der Waals surface area (Å²) in [7, 11) is 0. The van der Waals surface area contributed by atoms with Gasteiger partial charge in [-0.1, -0.05) is 37.3 Å². The third kappa shape index (κ3) is 2.82. The Morgan fingerprint density at radius 3 is 2.71 bits per heavy atom. The highest BCUT2D eigenvalue weighted by Gasteiger charge is 2.09. The number of hydrogen-bond acceptors (Lipinski definition) is 2. The Morgan fingerprint density at radius 2 is 2.06 bits per heavy atom. The average molecular weight is 264 g/mol. The number of nitrogens with one attached hydrogen (secondary N) is 1. The van der Waals surface area contributed by atoms with Crippen LogP contribution in [0, 0.1) is 4.77 Å². The molecule has 0 saturated carbocycles. The average Bonchev–Trinajstić information content (AvgIpc) is 2.72.